The second-order valence-electron chi connectivity index (χ2n) is 4.36. The first-order valence-electron chi connectivity index (χ1n) is 6.25. The van der Waals surface area contributed by atoms with Gasteiger partial charge in [0, 0.05) is 17.6 Å². The lowest BCUT2D eigenvalue weighted by Gasteiger charge is -2.00. The summed E-state index contributed by atoms with van der Waals surface area (Å²) in [5.41, 5.74) is 0.849. The van der Waals surface area contributed by atoms with E-state index < -0.39 is 11.9 Å². The molecule has 1 atom stereocenters. The molecule has 0 amide bonds. The first kappa shape index (κ1) is 14.3. The molecule has 0 radical (unpaired) electrons. The van der Waals surface area contributed by atoms with Gasteiger partial charge in [-0.25, -0.2) is 4.99 Å². The van der Waals surface area contributed by atoms with E-state index in [1.807, 2.05) is 41.1 Å². The van der Waals surface area contributed by atoms with Gasteiger partial charge in [-0.3, -0.25) is 4.79 Å². The summed E-state index contributed by atoms with van der Waals surface area (Å²) in [7, 11) is 0. The summed E-state index contributed by atoms with van der Waals surface area (Å²) in [6, 6.07) is 9.61. The number of hydrogen-bond donors (Lipinski definition) is 1. The van der Waals surface area contributed by atoms with Gasteiger partial charge in [-0.15, -0.1) is 17.9 Å². The van der Waals surface area contributed by atoms with Crippen LogP contribution in [-0.4, -0.2) is 15.6 Å². The summed E-state index contributed by atoms with van der Waals surface area (Å²) in [6.45, 7) is 6.00. The Bertz CT molecular complexity index is 671. The molecule has 4 nitrogen and oxygen atoms in total. The number of hydrogen-bond acceptors (Lipinski definition) is 3. The summed E-state index contributed by atoms with van der Waals surface area (Å²) >= 11 is 1.40. The molecule has 0 saturated heterocycles. The molecule has 2 rings (SSSR count). The Morgan fingerprint density at radius 1 is 1.50 bits per heavy atom. The number of carbonyl (C=O) groups is 1. The Kier molecular flexibility index (Phi) is 4.53. The molecule has 20 heavy (non-hydrogen) atoms. The van der Waals surface area contributed by atoms with E-state index in [9.17, 15) is 4.79 Å². The van der Waals surface area contributed by atoms with Gasteiger partial charge < -0.3 is 9.67 Å². The lowest BCUT2D eigenvalue weighted by Crippen LogP contribution is -2.12. The number of allylic oxidation sites excluding steroid dienone is 1. The van der Waals surface area contributed by atoms with E-state index in [2.05, 4.69) is 11.6 Å². The Labute approximate surface area is 121 Å². The van der Waals surface area contributed by atoms with Crippen LogP contribution in [0.25, 0.3) is 0 Å². The maximum absolute atomic E-state index is 11.1. The van der Waals surface area contributed by atoms with Crippen LogP contribution in [0.15, 0.2) is 54.2 Å². The fourth-order valence-electron chi connectivity index (χ4n) is 1.69. The summed E-state index contributed by atoms with van der Waals surface area (Å²) in [5.74, 6) is -1.36. The number of para-hydroxylation sites is 1. The highest BCUT2D eigenvalue weighted by Gasteiger charge is 2.16. The van der Waals surface area contributed by atoms with Crippen LogP contribution in [0.3, 0.4) is 0 Å². The van der Waals surface area contributed by atoms with E-state index in [-0.39, 0.29) is 0 Å². The summed E-state index contributed by atoms with van der Waals surface area (Å²) < 4.78 is 1.92. The van der Waals surface area contributed by atoms with Crippen molar-refractivity contribution in [1.29, 1.82) is 0 Å². The molecule has 0 fully saturated rings. The quantitative estimate of drug-likeness (QED) is 0.859. The van der Waals surface area contributed by atoms with Gasteiger partial charge >= 0.3 is 5.97 Å². The summed E-state index contributed by atoms with van der Waals surface area (Å²) in [6.07, 6.45) is 3.61. The lowest BCUT2D eigenvalue weighted by molar-refractivity contribution is -0.138. The molecule has 1 unspecified atom stereocenters. The molecule has 1 aromatic carbocycles. The number of aliphatic carboxylic acids is 1. The third-order valence-corrected chi connectivity index (χ3v) is 4.04. The van der Waals surface area contributed by atoms with Crippen LogP contribution in [0.1, 0.15) is 17.7 Å². The highest BCUT2D eigenvalue weighted by molar-refractivity contribution is 7.09. The van der Waals surface area contributed by atoms with Gasteiger partial charge in [0.15, 0.2) is 4.80 Å². The van der Waals surface area contributed by atoms with Gasteiger partial charge in [0.25, 0.3) is 0 Å². The number of carboxylic acids is 1. The number of rotatable bonds is 5. The van der Waals surface area contributed by atoms with Crippen molar-refractivity contribution in [3.05, 3.63) is 58.9 Å². The maximum atomic E-state index is 11.1. The molecule has 104 valence electrons. The molecular weight excluding hydrogens is 272 g/mol. The average Bonchev–Trinajstić information content (AvgIpc) is 2.82. The first-order valence-corrected chi connectivity index (χ1v) is 7.07. The van der Waals surface area contributed by atoms with E-state index in [0.717, 1.165) is 15.4 Å². The molecule has 0 spiro atoms. The molecular formula is C15H16N2O2S. The summed E-state index contributed by atoms with van der Waals surface area (Å²) in [4.78, 5) is 17.2. The van der Waals surface area contributed by atoms with Crippen LogP contribution in [0, 0.1) is 0 Å². The number of thiazole rings is 1. The third kappa shape index (κ3) is 3.24. The van der Waals surface area contributed by atoms with Gasteiger partial charge in [-0.1, -0.05) is 24.3 Å². The van der Waals surface area contributed by atoms with Crippen molar-refractivity contribution in [3.8, 4) is 0 Å². The monoisotopic (exact) mass is 288 g/mol. The van der Waals surface area contributed by atoms with Gasteiger partial charge in [0.05, 0.1) is 11.6 Å². The minimum Gasteiger partial charge on any atom is -0.481 e. The Hall–Kier alpha value is -2.14. The number of aromatic nitrogens is 1. The van der Waals surface area contributed by atoms with Crippen LogP contribution < -0.4 is 4.80 Å². The largest absolute Gasteiger partial charge is 0.481 e. The van der Waals surface area contributed by atoms with E-state index in [0.29, 0.717) is 6.54 Å². The van der Waals surface area contributed by atoms with E-state index in [1.54, 1.807) is 13.0 Å². The Morgan fingerprint density at radius 2 is 2.20 bits per heavy atom. The standard InChI is InChI=1S/C15H16N2O2S/c1-3-9-17-10-13(11(2)14(18)19)20-15(17)16-12-7-5-4-6-8-12/h3-8,10-11H,1,9H2,2H3,(H,18,19)/b16-15+. The molecule has 1 N–H and O–H groups in total. The Morgan fingerprint density at radius 3 is 2.80 bits per heavy atom. The van der Waals surface area contributed by atoms with Crippen LogP contribution >= 0.6 is 11.3 Å². The predicted octanol–water partition coefficient (Wildman–Crippen LogP) is 3.16. The molecule has 2 aromatic rings. The zero-order chi connectivity index (χ0) is 14.5. The maximum Gasteiger partial charge on any atom is 0.311 e. The average molecular weight is 288 g/mol. The van der Waals surface area contributed by atoms with E-state index in [1.165, 1.54) is 11.3 Å². The highest BCUT2D eigenvalue weighted by Crippen LogP contribution is 2.19. The molecule has 1 heterocycles. The summed E-state index contributed by atoms with van der Waals surface area (Å²) in [5, 5.41) is 9.10. The highest BCUT2D eigenvalue weighted by atomic mass is 32.1. The fraction of sp³-hybridized carbons (Fsp3) is 0.200. The molecule has 0 bridgehead atoms. The van der Waals surface area contributed by atoms with E-state index in [4.69, 9.17) is 5.11 Å². The minimum absolute atomic E-state index is 0.532. The predicted molar refractivity (Wildman–Crippen MR) is 80.2 cm³/mol. The molecule has 0 saturated carbocycles. The van der Waals surface area contributed by atoms with Crippen molar-refractivity contribution in [2.75, 3.05) is 0 Å². The lowest BCUT2D eigenvalue weighted by atomic mass is 10.1. The fourth-order valence-corrected chi connectivity index (χ4v) is 2.75. The van der Waals surface area contributed by atoms with Gasteiger partial charge in [0.1, 0.15) is 0 Å². The van der Waals surface area contributed by atoms with Crippen LogP contribution in [0.4, 0.5) is 5.69 Å². The minimum atomic E-state index is -0.830. The topological polar surface area (TPSA) is 54.6 Å². The van der Waals surface area contributed by atoms with Crippen LogP contribution in [0.2, 0.25) is 0 Å². The SMILES string of the molecule is C=CCn1cc(C(C)C(=O)O)s/c1=N/c1ccccc1. The molecule has 0 aliphatic rings. The molecule has 1 aromatic heterocycles. The molecule has 0 aliphatic heterocycles. The second-order valence-corrected chi connectivity index (χ2v) is 5.41. The van der Waals surface area contributed by atoms with Crippen LogP contribution in [0.5, 0.6) is 0 Å². The third-order valence-electron chi connectivity index (χ3n) is 2.84. The normalized spacial score (nSPS) is 13.2. The van der Waals surface area contributed by atoms with Crippen molar-refractivity contribution < 1.29 is 9.90 Å². The zero-order valence-corrected chi connectivity index (χ0v) is 12.0. The molecule has 0 aliphatic carbocycles. The van der Waals surface area contributed by atoms with Crippen molar-refractivity contribution in [2.45, 2.75) is 19.4 Å². The van der Waals surface area contributed by atoms with Gasteiger partial charge in [-0.2, -0.15) is 0 Å². The van der Waals surface area contributed by atoms with Crippen molar-refractivity contribution in [3.63, 3.8) is 0 Å². The van der Waals surface area contributed by atoms with Crippen molar-refractivity contribution in [2.24, 2.45) is 4.99 Å². The van der Waals surface area contributed by atoms with Crippen molar-refractivity contribution >= 4 is 23.0 Å². The smallest absolute Gasteiger partial charge is 0.311 e. The van der Waals surface area contributed by atoms with E-state index >= 15 is 0 Å². The van der Waals surface area contributed by atoms with Crippen LogP contribution in [-0.2, 0) is 11.3 Å². The number of carboxylic acid groups (broad SMARTS) is 1. The first-order chi connectivity index (χ1) is 9.61. The van der Waals surface area contributed by atoms with Gasteiger partial charge in [-0.05, 0) is 19.1 Å². The Balaban J connectivity index is 2.48. The van der Waals surface area contributed by atoms with Gasteiger partial charge in [0.2, 0.25) is 0 Å². The number of benzene rings is 1. The number of nitrogens with zero attached hydrogens (tertiary/aromatic N) is 2. The van der Waals surface area contributed by atoms with Crippen molar-refractivity contribution in [1.82, 2.24) is 4.57 Å². The second kappa shape index (κ2) is 6.34. The zero-order valence-electron chi connectivity index (χ0n) is 11.2. The molecule has 5 heteroatoms.